The molecule has 0 spiro atoms. The zero-order chi connectivity index (χ0) is 89.9. The van der Waals surface area contributed by atoms with Gasteiger partial charge in [0.2, 0.25) is 23.8 Å². The van der Waals surface area contributed by atoms with Crippen molar-refractivity contribution in [2.45, 2.75) is 235 Å². The van der Waals surface area contributed by atoms with E-state index < -0.39 is 11.2 Å². The molecule has 33 heteroatoms. The molecule has 14 atom stereocenters. The lowest BCUT2D eigenvalue weighted by Crippen LogP contribution is -2.57. The van der Waals surface area contributed by atoms with Gasteiger partial charge < -0.3 is 45.7 Å². The van der Waals surface area contributed by atoms with E-state index in [-0.39, 0.29) is 64.2 Å². The summed E-state index contributed by atoms with van der Waals surface area (Å²) in [6, 6.07) is 2.16. The first-order chi connectivity index (χ1) is 63.6. The fourth-order valence-electron chi connectivity index (χ4n) is 30.7. The summed E-state index contributed by atoms with van der Waals surface area (Å²) in [6.45, 7) is 13.4. The summed E-state index contributed by atoms with van der Waals surface area (Å²) in [4.78, 5) is 95.9. The first-order valence-electron chi connectivity index (χ1n) is 49.0. The number of allylic oxidation sites excluding steroid dienone is 3. The molecule has 13 heterocycles. The summed E-state index contributed by atoms with van der Waals surface area (Å²) in [6.07, 6.45) is 48.2. The summed E-state index contributed by atoms with van der Waals surface area (Å²) >= 11 is 6.51. The number of nitrogens with one attached hydrogen (secondary N) is 4. The molecule has 10 aromatic heterocycles. The van der Waals surface area contributed by atoms with Gasteiger partial charge >= 0.3 is 22.8 Å². The maximum Gasteiger partial charge on any atom is 0.330 e. The van der Waals surface area contributed by atoms with E-state index in [0.717, 1.165) is 268 Å². The van der Waals surface area contributed by atoms with Crippen molar-refractivity contribution in [3.63, 3.8) is 0 Å². The maximum absolute atomic E-state index is 13.6. The topological polar surface area (TPSA) is 357 Å². The highest BCUT2D eigenvalue weighted by Crippen LogP contribution is 2.65. The Morgan fingerprint density at radius 1 is 0.417 bits per heavy atom. The van der Waals surface area contributed by atoms with Gasteiger partial charge in [-0.3, -0.25) is 36.5 Å². The summed E-state index contributed by atoms with van der Waals surface area (Å²) in [7, 11) is 7.28. The molecule has 692 valence electrons. The van der Waals surface area contributed by atoms with Crippen LogP contribution in [0.15, 0.2) is 132 Å². The van der Waals surface area contributed by atoms with E-state index in [0.29, 0.717) is 93.4 Å². The smallest absolute Gasteiger partial charge is 0.330 e. The van der Waals surface area contributed by atoms with Crippen LogP contribution in [0.5, 0.6) is 0 Å². The quantitative estimate of drug-likeness (QED) is 0.0661. The predicted octanol–water partition coefficient (Wildman–Crippen LogP) is 13.3. The van der Waals surface area contributed by atoms with E-state index in [4.69, 9.17) is 45.7 Å². The third kappa shape index (κ3) is 13.5. The molecule has 0 radical (unpaired) electrons. The van der Waals surface area contributed by atoms with Crippen molar-refractivity contribution in [2.75, 3.05) is 41.1 Å². The van der Waals surface area contributed by atoms with E-state index in [9.17, 15) is 29.4 Å². The summed E-state index contributed by atoms with van der Waals surface area (Å²) < 4.78 is 33.8. The number of anilines is 5. The average molecular weight is 1810 g/mol. The van der Waals surface area contributed by atoms with Crippen LogP contribution in [-0.4, -0.2) is 151 Å². The predicted molar refractivity (Wildman–Crippen MR) is 499 cm³/mol. The monoisotopic (exact) mass is 1810 g/mol. The lowest BCUT2D eigenvalue weighted by molar-refractivity contribution is -0.147. The maximum atomic E-state index is 13.6. The molecule has 14 unspecified atom stereocenters. The number of aryl methyl sites for hydroxylation is 5. The standard InChI is InChI=1S/C26H33N5O2.C25H31N5O3.C24H28ClN5O3.C24H28N8O/c1-14-6-22-17(4-5-33-22)9-20(14)28-24-27-13-21-23(29-24)31(25(32)30(21)3)26-10-16-7-18(11-26)15(2)19(8-16)12-26;1-13-5-20-15(3-4-33-20)8-18(13)27-23-26-12-19-22(28-23)30(24(31)29(19)2)21-16-6-14-7-17(21)11-25(32,9-14)10-16;1-29-18-11-26-22(27-17-6-13-2-3-33-19(13)7-16(17)25)28-21(18)30(23(29)31)20-14-4-12-5-15(20)10-24(32,8-12)9-14;1-13-4-20-26-12-27-31(20)11-18(13)28-22-25-10-19-21(29-22)32(23(33)30(19)3)24-7-15-5-16(8-24)14(2)17(6-15)9-24/h6,9,13,15-19,22H,4-5,7-8,10-12H2,1-3H3,(H,27,28,29);5,8,12,14-17,20-21,32H,3-4,6-7,9-11H2,1-2H3,(H,26,27,28);6-7,11-15,19-20,32H,2-5,8-10H2,1H3,(H,26,27,28);4,10-12,14-17H,5-9H2,1-3H3,(H,25,28,29). The lowest BCUT2D eigenvalue weighted by atomic mass is 9.49. The number of fused-ring (bicyclic) bond motifs is 8. The number of pyridine rings is 1. The molecule has 22 aliphatic rings. The van der Waals surface area contributed by atoms with Crippen molar-refractivity contribution in [2.24, 2.45) is 129 Å². The minimum absolute atomic E-state index is 0.0279. The van der Waals surface area contributed by atoms with Gasteiger partial charge in [-0.2, -0.15) is 25.0 Å². The zero-order valence-corrected chi connectivity index (χ0v) is 77.5. The molecule has 10 aromatic rings. The number of hydrogen-bond donors (Lipinski definition) is 6. The van der Waals surface area contributed by atoms with E-state index in [1.165, 1.54) is 32.0 Å². The van der Waals surface area contributed by atoms with Crippen LogP contribution in [0.2, 0.25) is 0 Å². The number of hydrogen-bond acceptors (Lipinski definition) is 23. The normalized spacial score (nSPS) is 36.9. The van der Waals surface area contributed by atoms with Crippen LogP contribution in [0, 0.1) is 108 Å². The summed E-state index contributed by atoms with van der Waals surface area (Å²) in [5.74, 6) is 11.5. The highest BCUT2D eigenvalue weighted by Gasteiger charge is 2.61. The molecule has 32 nitrogen and oxygen atoms in total. The van der Waals surface area contributed by atoms with Crippen LogP contribution in [0.25, 0.3) is 50.3 Å². The third-order valence-electron chi connectivity index (χ3n) is 36.2. The second kappa shape index (κ2) is 30.6. The van der Waals surface area contributed by atoms with Gasteiger partial charge in [-0.1, -0.05) is 55.8 Å². The van der Waals surface area contributed by atoms with E-state index in [2.05, 4.69) is 114 Å². The highest BCUT2D eigenvalue weighted by atomic mass is 35.5. The van der Waals surface area contributed by atoms with Crippen molar-refractivity contribution in [1.82, 2.24) is 91.0 Å². The van der Waals surface area contributed by atoms with Gasteiger partial charge in [-0.15, -0.1) is 0 Å². The molecule has 16 bridgehead atoms. The Morgan fingerprint density at radius 2 is 0.773 bits per heavy atom. The van der Waals surface area contributed by atoms with Crippen molar-refractivity contribution in [3.8, 4) is 0 Å². The number of ether oxygens (including phenoxy) is 3. The second-order valence-electron chi connectivity index (χ2n) is 44.1. The number of aromatic nitrogens is 19. The Morgan fingerprint density at radius 3 is 1.19 bits per heavy atom. The fraction of sp³-hybridized carbons (Fsp3) is 0.616. The van der Waals surface area contributed by atoms with Gasteiger partial charge in [0.15, 0.2) is 28.2 Å². The number of aliphatic hydroxyl groups is 2. The Hall–Kier alpha value is -10.3. The minimum atomic E-state index is -0.540. The highest BCUT2D eigenvalue weighted by molar-refractivity contribution is 6.32. The Labute approximate surface area is 768 Å². The van der Waals surface area contributed by atoms with Gasteiger partial charge in [0.05, 0.1) is 88.0 Å². The van der Waals surface area contributed by atoms with Crippen molar-refractivity contribution in [1.29, 1.82) is 0 Å². The molecule has 6 N–H and O–H groups in total. The molecule has 0 amide bonds. The first-order valence-corrected chi connectivity index (χ1v) is 49.3. The molecule has 0 aromatic carbocycles. The second-order valence-corrected chi connectivity index (χ2v) is 44.5. The van der Waals surface area contributed by atoms with Crippen LogP contribution in [0.1, 0.15) is 193 Å². The van der Waals surface area contributed by atoms with Crippen LogP contribution in [0.3, 0.4) is 0 Å². The number of halogens is 1. The van der Waals surface area contributed by atoms with Gasteiger partial charge in [0.1, 0.15) is 28.4 Å². The summed E-state index contributed by atoms with van der Waals surface area (Å²) in [5.41, 5.74) is 12.5. The minimum Gasteiger partial charge on any atom is -0.390 e. The fourth-order valence-corrected chi connectivity index (χ4v) is 30.9. The lowest BCUT2D eigenvalue weighted by Gasteiger charge is -2.59. The number of nitrogens with zero attached hydrogens (tertiary/aromatic N) is 19. The van der Waals surface area contributed by atoms with Crippen LogP contribution < -0.4 is 44.0 Å². The molecule has 3 saturated heterocycles. The van der Waals surface area contributed by atoms with E-state index in [1.54, 1.807) is 55.5 Å². The van der Waals surface area contributed by atoms with Crippen LogP contribution in [-0.2, 0) is 53.5 Å². The van der Waals surface area contributed by atoms with Crippen LogP contribution >= 0.6 is 11.6 Å². The molecular formula is C99H120ClN23O9. The molecule has 16 saturated carbocycles. The zero-order valence-electron chi connectivity index (χ0n) is 76.7. The van der Waals surface area contributed by atoms with E-state index >= 15 is 0 Å². The van der Waals surface area contributed by atoms with Gasteiger partial charge in [0.25, 0.3) is 0 Å². The Kier molecular flexibility index (Phi) is 19.4. The SMILES string of the molecule is CC1=CC2OCCC2C=C1Nc1ncc2c(n1)n(C13CC4CC(C1)C(C)C(C4)C3)c(=O)n2C.CC1=CC2OCCC2C=C1Nc1ncc2c(n1)n(C1C3CC4CC1CC(O)(C4)C3)c(=O)n2C.Cc1cc2ncnn2cc1Nc1ncc2c(n1)n(C13CC4CC(C1)C(C)C(C4)C3)c(=O)n2C.Cn1c(=O)n(C2C3CC4CC2CC(O)(C4)C3)c2nc(NC3=CC4CCOC4C=C3Cl)ncc21. The Balaban J connectivity index is 0.0000000945. The number of imidazole rings is 4. The van der Waals surface area contributed by atoms with Crippen molar-refractivity contribution >= 4 is 91.4 Å². The van der Waals surface area contributed by atoms with Gasteiger partial charge in [0, 0.05) is 89.2 Å². The molecule has 3 aliphatic heterocycles. The molecule has 132 heavy (non-hydrogen) atoms. The molecule has 32 rings (SSSR count). The third-order valence-corrected chi connectivity index (χ3v) is 36.5. The van der Waals surface area contributed by atoms with Crippen LogP contribution in [0.4, 0.5) is 29.5 Å². The van der Waals surface area contributed by atoms with Gasteiger partial charge in [-0.25, -0.2) is 48.6 Å². The first kappa shape index (κ1) is 83.6. The molecule has 19 aliphatic carbocycles. The van der Waals surface area contributed by atoms with E-state index in [1.807, 2.05) is 59.3 Å². The molecule has 19 fully saturated rings. The number of rotatable bonds is 12. The average Bonchev–Trinajstić information content (AvgIpc) is 1.51. The van der Waals surface area contributed by atoms with Crippen molar-refractivity contribution in [3.05, 3.63) is 161 Å². The Bertz CT molecular complexity index is 6670. The molecular weight excluding hydrogens is 1690 g/mol. The largest absolute Gasteiger partial charge is 0.390 e. The van der Waals surface area contributed by atoms with Gasteiger partial charge in [-0.05, 0) is 280 Å². The summed E-state index contributed by atoms with van der Waals surface area (Å²) in [5, 5.41) is 40.4. The van der Waals surface area contributed by atoms with Crippen molar-refractivity contribution < 1.29 is 24.4 Å².